The minimum absolute atomic E-state index is 0.727. The number of para-hydroxylation sites is 1. The van der Waals surface area contributed by atoms with E-state index in [1.54, 1.807) is 0 Å². The number of unbranched alkanes of at least 4 members (excludes halogenated alkanes) is 1. The number of hydrogen-bond donors (Lipinski definition) is 1. The molecule has 1 N–H and O–H groups in total. The molecule has 0 radical (unpaired) electrons. The van der Waals surface area contributed by atoms with E-state index in [1.165, 1.54) is 16.8 Å². The smallest absolute Gasteiger partial charge is 0.208 e. The van der Waals surface area contributed by atoms with Crippen LogP contribution in [0.25, 0.3) is 16.7 Å². The van der Waals surface area contributed by atoms with Crippen LogP contribution >= 0.6 is 11.6 Å². The maximum absolute atomic E-state index is 6.23. The third kappa shape index (κ3) is 3.06. The molecule has 0 aliphatic rings. The standard InChI is InChI=1S/C19H22ClN3/c1-4-5-11-21-19-22-16-10-9-15(20)12-17(16)23(19)18-13(2)7-6-8-14(18)3/h6-10,12H,4-5,11H2,1-3H3,(H,21,22). The van der Waals surface area contributed by atoms with E-state index in [-0.39, 0.29) is 0 Å². The van der Waals surface area contributed by atoms with Crippen molar-refractivity contribution in [3.63, 3.8) is 0 Å². The molecule has 0 saturated carbocycles. The summed E-state index contributed by atoms with van der Waals surface area (Å²) in [7, 11) is 0. The van der Waals surface area contributed by atoms with E-state index in [9.17, 15) is 0 Å². The molecule has 120 valence electrons. The number of fused-ring (bicyclic) bond motifs is 1. The number of hydrogen-bond acceptors (Lipinski definition) is 2. The molecule has 0 atom stereocenters. The molecule has 1 aromatic heterocycles. The van der Waals surface area contributed by atoms with Gasteiger partial charge in [-0.15, -0.1) is 0 Å². The fourth-order valence-corrected chi connectivity index (χ4v) is 3.10. The summed E-state index contributed by atoms with van der Waals surface area (Å²) in [6.07, 6.45) is 2.28. The topological polar surface area (TPSA) is 29.9 Å². The van der Waals surface area contributed by atoms with Crippen LogP contribution in [0.1, 0.15) is 30.9 Å². The number of benzene rings is 2. The Balaban J connectivity index is 2.23. The third-order valence-corrected chi connectivity index (χ3v) is 4.33. The molecule has 3 rings (SSSR count). The molecule has 1 heterocycles. The minimum Gasteiger partial charge on any atom is -0.355 e. The average Bonchev–Trinajstić information content (AvgIpc) is 2.85. The Hall–Kier alpha value is -2.00. The van der Waals surface area contributed by atoms with Crippen LogP contribution in [-0.4, -0.2) is 16.1 Å². The van der Waals surface area contributed by atoms with Gasteiger partial charge in [-0.25, -0.2) is 4.98 Å². The van der Waals surface area contributed by atoms with Gasteiger partial charge >= 0.3 is 0 Å². The maximum Gasteiger partial charge on any atom is 0.208 e. The van der Waals surface area contributed by atoms with Crippen LogP contribution < -0.4 is 5.32 Å². The molecule has 0 aliphatic heterocycles. The number of nitrogens with one attached hydrogen (secondary N) is 1. The van der Waals surface area contributed by atoms with Crippen LogP contribution in [0, 0.1) is 13.8 Å². The molecule has 0 amide bonds. The largest absolute Gasteiger partial charge is 0.355 e. The first-order valence-corrected chi connectivity index (χ1v) is 8.48. The van der Waals surface area contributed by atoms with Gasteiger partial charge in [0.25, 0.3) is 0 Å². The van der Waals surface area contributed by atoms with Crippen LogP contribution in [0.3, 0.4) is 0 Å². The van der Waals surface area contributed by atoms with Crippen LogP contribution in [-0.2, 0) is 0 Å². The highest BCUT2D eigenvalue weighted by Gasteiger charge is 2.15. The van der Waals surface area contributed by atoms with Crippen LogP contribution in [0.5, 0.6) is 0 Å². The van der Waals surface area contributed by atoms with Crippen molar-refractivity contribution < 1.29 is 0 Å². The van der Waals surface area contributed by atoms with Gasteiger partial charge in [-0.2, -0.15) is 0 Å². The van der Waals surface area contributed by atoms with Gasteiger partial charge in [0.05, 0.1) is 16.7 Å². The second kappa shape index (κ2) is 6.63. The highest BCUT2D eigenvalue weighted by molar-refractivity contribution is 6.31. The van der Waals surface area contributed by atoms with Gasteiger partial charge in [-0.1, -0.05) is 43.1 Å². The summed E-state index contributed by atoms with van der Waals surface area (Å²) in [5.41, 5.74) is 5.62. The first-order valence-electron chi connectivity index (χ1n) is 8.10. The average molecular weight is 328 g/mol. The third-order valence-electron chi connectivity index (χ3n) is 4.09. The minimum atomic E-state index is 0.727. The van der Waals surface area contributed by atoms with E-state index >= 15 is 0 Å². The maximum atomic E-state index is 6.23. The second-order valence-corrected chi connectivity index (χ2v) is 6.36. The molecule has 0 bridgehead atoms. The molecular weight excluding hydrogens is 306 g/mol. The zero-order valence-electron chi connectivity index (χ0n) is 13.9. The van der Waals surface area contributed by atoms with Crippen molar-refractivity contribution in [2.24, 2.45) is 0 Å². The SMILES string of the molecule is CCCCNc1nc2ccc(Cl)cc2n1-c1c(C)cccc1C. The van der Waals surface area contributed by atoms with Crippen LogP contribution in [0.4, 0.5) is 5.95 Å². The second-order valence-electron chi connectivity index (χ2n) is 5.92. The van der Waals surface area contributed by atoms with E-state index in [0.29, 0.717) is 0 Å². The lowest BCUT2D eigenvalue weighted by Gasteiger charge is -2.15. The van der Waals surface area contributed by atoms with Crippen molar-refractivity contribution >= 4 is 28.6 Å². The lowest BCUT2D eigenvalue weighted by atomic mass is 10.1. The zero-order chi connectivity index (χ0) is 16.4. The van der Waals surface area contributed by atoms with Crippen LogP contribution in [0.15, 0.2) is 36.4 Å². The van der Waals surface area contributed by atoms with E-state index in [1.807, 2.05) is 18.2 Å². The molecule has 0 fully saturated rings. The number of aryl methyl sites for hydroxylation is 2. The number of rotatable bonds is 5. The van der Waals surface area contributed by atoms with Gasteiger partial charge in [0.1, 0.15) is 0 Å². The Kier molecular flexibility index (Phi) is 4.58. The summed E-state index contributed by atoms with van der Waals surface area (Å²) in [5.74, 6) is 0.883. The fraction of sp³-hybridized carbons (Fsp3) is 0.316. The molecule has 0 saturated heterocycles. The quantitative estimate of drug-likeness (QED) is 0.626. The Labute approximate surface area is 142 Å². The van der Waals surface area contributed by atoms with Gasteiger partial charge in [-0.05, 0) is 49.6 Å². The van der Waals surface area contributed by atoms with Crippen molar-refractivity contribution in [2.75, 3.05) is 11.9 Å². The van der Waals surface area contributed by atoms with Crippen molar-refractivity contribution in [3.05, 3.63) is 52.5 Å². The molecule has 3 nitrogen and oxygen atoms in total. The Bertz CT molecular complexity index is 816. The van der Waals surface area contributed by atoms with Crippen molar-refractivity contribution in [2.45, 2.75) is 33.6 Å². The lowest BCUT2D eigenvalue weighted by molar-refractivity contribution is 0.824. The van der Waals surface area contributed by atoms with Gasteiger partial charge in [0.15, 0.2) is 0 Å². The predicted octanol–water partition coefficient (Wildman–Crippen LogP) is 5.51. The van der Waals surface area contributed by atoms with E-state index in [4.69, 9.17) is 16.6 Å². The predicted molar refractivity (Wildman–Crippen MR) is 99.0 cm³/mol. The first-order chi connectivity index (χ1) is 11.1. The molecule has 0 unspecified atom stereocenters. The van der Waals surface area contributed by atoms with Crippen LogP contribution in [0.2, 0.25) is 5.02 Å². The highest BCUT2D eigenvalue weighted by Crippen LogP contribution is 2.30. The molecule has 23 heavy (non-hydrogen) atoms. The van der Waals surface area contributed by atoms with Crippen molar-refractivity contribution in [1.82, 2.24) is 9.55 Å². The summed E-state index contributed by atoms with van der Waals surface area (Å²) in [6.45, 7) is 7.37. The van der Waals surface area contributed by atoms with Gasteiger partial charge in [-0.3, -0.25) is 4.57 Å². The summed E-state index contributed by atoms with van der Waals surface area (Å²) in [4.78, 5) is 4.78. The van der Waals surface area contributed by atoms with Crippen molar-refractivity contribution in [3.8, 4) is 5.69 Å². The summed E-state index contributed by atoms with van der Waals surface area (Å²) >= 11 is 6.23. The molecule has 2 aromatic carbocycles. The Morgan fingerprint density at radius 2 is 1.87 bits per heavy atom. The van der Waals surface area contributed by atoms with E-state index in [0.717, 1.165) is 41.4 Å². The number of aromatic nitrogens is 2. The summed E-state index contributed by atoms with van der Waals surface area (Å²) in [6, 6.07) is 12.2. The Morgan fingerprint density at radius 3 is 2.57 bits per heavy atom. The number of anilines is 1. The van der Waals surface area contributed by atoms with Gasteiger partial charge in [0.2, 0.25) is 5.95 Å². The number of halogens is 1. The number of imidazole rings is 1. The van der Waals surface area contributed by atoms with E-state index in [2.05, 4.69) is 48.9 Å². The summed E-state index contributed by atoms with van der Waals surface area (Å²) in [5, 5.41) is 4.21. The molecule has 3 aromatic rings. The monoisotopic (exact) mass is 327 g/mol. The molecule has 4 heteroatoms. The Morgan fingerprint density at radius 1 is 1.13 bits per heavy atom. The molecule has 0 aliphatic carbocycles. The molecule has 0 spiro atoms. The highest BCUT2D eigenvalue weighted by atomic mass is 35.5. The zero-order valence-corrected chi connectivity index (χ0v) is 14.6. The number of nitrogens with zero attached hydrogens (tertiary/aromatic N) is 2. The van der Waals surface area contributed by atoms with Crippen molar-refractivity contribution in [1.29, 1.82) is 0 Å². The van der Waals surface area contributed by atoms with E-state index < -0.39 is 0 Å². The fourth-order valence-electron chi connectivity index (χ4n) is 2.93. The molecular formula is C19H22ClN3. The lowest BCUT2D eigenvalue weighted by Crippen LogP contribution is -2.09. The normalized spacial score (nSPS) is 11.1. The van der Waals surface area contributed by atoms with Gasteiger partial charge in [0, 0.05) is 11.6 Å². The first kappa shape index (κ1) is 15.9. The summed E-state index contributed by atoms with van der Waals surface area (Å²) < 4.78 is 2.20. The van der Waals surface area contributed by atoms with Gasteiger partial charge < -0.3 is 5.32 Å².